The van der Waals surface area contributed by atoms with Crippen LogP contribution < -0.4 is 0 Å². The second-order valence-corrected chi connectivity index (χ2v) is 2.95. The van der Waals surface area contributed by atoms with Crippen molar-refractivity contribution in [3.05, 3.63) is 0 Å². The van der Waals surface area contributed by atoms with E-state index in [1.54, 1.807) is 0 Å². The Bertz CT molecular complexity index is 125. The number of aliphatic carboxylic acids is 1. The second kappa shape index (κ2) is 4.37. The molecule has 3 heteroatoms. The summed E-state index contributed by atoms with van der Waals surface area (Å²) in [5.41, 5.74) is 0. The Morgan fingerprint density at radius 1 is 1.50 bits per heavy atom. The van der Waals surface area contributed by atoms with E-state index in [4.69, 9.17) is 5.11 Å². The molecule has 2 unspecified atom stereocenters. The van der Waals surface area contributed by atoms with Crippen LogP contribution in [0.5, 0.6) is 0 Å². The predicted octanol–water partition coefficient (Wildman–Crippen LogP) is 1.13. The van der Waals surface area contributed by atoms with E-state index in [1.165, 1.54) is 0 Å². The van der Waals surface area contributed by atoms with Crippen LogP contribution >= 0.6 is 0 Å². The van der Waals surface area contributed by atoms with Gasteiger partial charge in [-0.1, -0.05) is 6.92 Å². The Kier molecular flexibility index (Phi) is 4.57. The topological polar surface area (TPSA) is 37.3 Å². The smallest absolute Gasteiger partial charge is 0.306 e. The van der Waals surface area contributed by atoms with Crippen LogP contribution in [0, 0.1) is 11.8 Å². The van der Waals surface area contributed by atoms with Gasteiger partial charge in [-0.05, 0) is 25.2 Å². The Morgan fingerprint density at radius 2 is 2.10 bits per heavy atom. The zero-order valence-electron chi connectivity index (χ0n) is 6.63. The molecule has 0 heterocycles. The minimum absolute atomic E-state index is 0. The molecule has 1 fully saturated rings. The predicted molar refractivity (Wildman–Crippen MR) is 39.9 cm³/mol. The molecule has 0 aromatic heterocycles. The van der Waals surface area contributed by atoms with Crippen LogP contribution in [0.25, 0.3) is 0 Å². The van der Waals surface area contributed by atoms with Crippen LogP contribution in [-0.2, 0) is 4.79 Å². The van der Waals surface area contributed by atoms with Crippen molar-refractivity contribution in [1.29, 1.82) is 0 Å². The van der Waals surface area contributed by atoms with Crippen molar-refractivity contribution in [3.63, 3.8) is 0 Å². The average molecular weight is 151 g/mol. The van der Waals surface area contributed by atoms with Crippen LogP contribution in [0.15, 0.2) is 0 Å². The molecule has 0 spiro atoms. The first kappa shape index (κ1) is 10.5. The van der Waals surface area contributed by atoms with E-state index in [9.17, 15) is 4.79 Å². The van der Waals surface area contributed by atoms with Gasteiger partial charge >= 0.3 is 5.97 Å². The van der Waals surface area contributed by atoms with Gasteiger partial charge in [0, 0.05) is 29.6 Å². The van der Waals surface area contributed by atoms with Gasteiger partial charge in [0.25, 0.3) is 0 Å². The minimum Gasteiger partial charge on any atom is -0.481 e. The van der Waals surface area contributed by atoms with Crippen LogP contribution in [0.2, 0.25) is 0 Å². The van der Waals surface area contributed by atoms with Gasteiger partial charge in [-0.2, -0.15) is 0 Å². The number of carboxylic acid groups (broad SMARTS) is 1. The SMILES string of the molecule is CC1CCC(C(=O)O)C1.[Na]. The molecular formula is C7H12NaO2. The Balaban J connectivity index is 0.000000810. The molecular weight excluding hydrogens is 139 g/mol. The molecule has 1 aliphatic rings. The third-order valence-corrected chi connectivity index (χ3v) is 2.04. The first-order chi connectivity index (χ1) is 4.20. The van der Waals surface area contributed by atoms with Gasteiger partial charge in [0.2, 0.25) is 0 Å². The maximum atomic E-state index is 10.3. The molecule has 1 radical (unpaired) electrons. The fourth-order valence-electron chi connectivity index (χ4n) is 1.43. The molecule has 1 aliphatic carbocycles. The van der Waals surface area contributed by atoms with Crippen molar-refractivity contribution in [3.8, 4) is 0 Å². The third kappa shape index (κ3) is 2.60. The summed E-state index contributed by atoms with van der Waals surface area (Å²) in [5, 5.41) is 8.53. The van der Waals surface area contributed by atoms with Crippen molar-refractivity contribution < 1.29 is 9.90 Å². The van der Waals surface area contributed by atoms with E-state index in [-0.39, 0.29) is 35.5 Å². The van der Waals surface area contributed by atoms with Crippen LogP contribution in [0.3, 0.4) is 0 Å². The van der Waals surface area contributed by atoms with Gasteiger partial charge in [-0.15, -0.1) is 0 Å². The molecule has 0 saturated heterocycles. The number of hydrogen-bond acceptors (Lipinski definition) is 1. The molecule has 0 aromatic rings. The Morgan fingerprint density at radius 3 is 2.30 bits per heavy atom. The summed E-state index contributed by atoms with van der Waals surface area (Å²) in [6.45, 7) is 2.11. The zero-order chi connectivity index (χ0) is 6.85. The van der Waals surface area contributed by atoms with Gasteiger partial charge in [-0.25, -0.2) is 0 Å². The van der Waals surface area contributed by atoms with Gasteiger partial charge in [-0.3, -0.25) is 4.79 Å². The maximum Gasteiger partial charge on any atom is 0.306 e. The molecule has 1 rings (SSSR count). The first-order valence-corrected chi connectivity index (χ1v) is 3.43. The van der Waals surface area contributed by atoms with Crippen molar-refractivity contribution >= 4 is 35.5 Å². The van der Waals surface area contributed by atoms with Crippen molar-refractivity contribution in [2.45, 2.75) is 26.2 Å². The van der Waals surface area contributed by atoms with E-state index in [2.05, 4.69) is 6.92 Å². The summed E-state index contributed by atoms with van der Waals surface area (Å²) in [7, 11) is 0. The van der Waals surface area contributed by atoms with Crippen LogP contribution in [-0.4, -0.2) is 40.6 Å². The average Bonchev–Trinajstić information content (AvgIpc) is 2.14. The second-order valence-electron chi connectivity index (χ2n) is 2.95. The molecule has 1 N–H and O–H groups in total. The van der Waals surface area contributed by atoms with Gasteiger partial charge in [0.05, 0.1) is 5.92 Å². The van der Waals surface area contributed by atoms with E-state index in [0.717, 1.165) is 19.3 Å². The molecule has 2 nitrogen and oxygen atoms in total. The fourth-order valence-corrected chi connectivity index (χ4v) is 1.43. The van der Waals surface area contributed by atoms with Crippen molar-refractivity contribution in [1.82, 2.24) is 0 Å². The number of hydrogen-bond donors (Lipinski definition) is 1. The van der Waals surface area contributed by atoms with E-state index < -0.39 is 5.97 Å². The Labute approximate surface area is 83.3 Å². The normalized spacial score (nSPS) is 31.3. The minimum atomic E-state index is -0.612. The number of rotatable bonds is 1. The van der Waals surface area contributed by atoms with Crippen LogP contribution in [0.1, 0.15) is 26.2 Å². The molecule has 53 valence electrons. The van der Waals surface area contributed by atoms with E-state index >= 15 is 0 Å². The van der Waals surface area contributed by atoms with Crippen LogP contribution in [0.4, 0.5) is 0 Å². The molecule has 0 amide bonds. The summed E-state index contributed by atoms with van der Waals surface area (Å²) in [6, 6.07) is 0. The van der Waals surface area contributed by atoms with Gasteiger partial charge in [0.1, 0.15) is 0 Å². The van der Waals surface area contributed by atoms with Crippen molar-refractivity contribution in [2.24, 2.45) is 11.8 Å². The van der Waals surface area contributed by atoms with Crippen molar-refractivity contribution in [2.75, 3.05) is 0 Å². The molecule has 0 aromatic carbocycles. The summed E-state index contributed by atoms with van der Waals surface area (Å²) in [5.74, 6) is -0.0227. The van der Waals surface area contributed by atoms with E-state index in [1.807, 2.05) is 0 Å². The fraction of sp³-hybridized carbons (Fsp3) is 0.857. The Hall–Kier alpha value is 0.470. The van der Waals surface area contributed by atoms with E-state index in [0.29, 0.717) is 5.92 Å². The standard InChI is InChI=1S/C7H12O2.Na/c1-5-2-3-6(4-5)7(8)9;/h5-6H,2-4H2,1H3,(H,8,9);. The molecule has 0 aliphatic heterocycles. The first-order valence-electron chi connectivity index (χ1n) is 3.43. The maximum absolute atomic E-state index is 10.3. The van der Waals surface area contributed by atoms with Gasteiger partial charge in [0.15, 0.2) is 0 Å². The van der Waals surface area contributed by atoms with Gasteiger partial charge < -0.3 is 5.11 Å². The largest absolute Gasteiger partial charge is 0.481 e. The summed E-state index contributed by atoms with van der Waals surface area (Å²) in [4.78, 5) is 10.3. The molecule has 10 heavy (non-hydrogen) atoms. The third-order valence-electron chi connectivity index (χ3n) is 2.04. The summed E-state index contributed by atoms with van der Waals surface area (Å²) >= 11 is 0. The zero-order valence-corrected chi connectivity index (χ0v) is 8.63. The monoisotopic (exact) mass is 151 g/mol. The quantitative estimate of drug-likeness (QED) is 0.570. The number of carboxylic acids is 1. The molecule has 2 atom stereocenters. The summed E-state index contributed by atoms with van der Waals surface area (Å²) < 4.78 is 0. The summed E-state index contributed by atoms with van der Waals surface area (Å²) in [6.07, 6.45) is 2.86. The molecule has 0 bridgehead atoms. The number of carbonyl (C=O) groups is 1. The molecule has 1 saturated carbocycles.